The highest BCUT2D eigenvalue weighted by Crippen LogP contribution is 2.26. The molecule has 2 aliphatic heterocycles. The molecule has 2 saturated heterocycles. The van der Waals surface area contributed by atoms with Crippen LogP contribution in [0.15, 0.2) is 24.3 Å². The molecule has 2 aliphatic rings. The van der Waals surface area contributed by atoms with Crippen molar-refractivity contribution in [2.45, 2.75) is 32.6 Å². The fourth-order valence-electron chi connectivity index (χ4n) is 3.27. The van der Waals surface area contributed by atoms with Gasteiger partial charge < -0.3 is 9.64 Å². The predicted molar refractivity (Wildman–Crippen MR) is 93.2 cm³/mol. The van der Waals surface area contributed by atoms with Gasteiger partial charge in [0.15, 0.2) is 6.61 Å². The largest absolute Gasteiger partial charge is 0.455 e. The second-order valence-corrected chi connectivity index (χ2v) is 6.58. The van der Waals surface area contributed by atoms with Crippen LogP contribution in [0.25, 0.3) is 0 Å². The molecule has 0 radical (unpaired) electrons. The molecule has 0 spiro atoms. The number of amides is 3. The maximum absolute atomic E-state index is 12.2. The summed E-state index contributed by atoms with van der Waals surface area (Å²) in [4.78, 5) is 50.6. The Morgan fingerprint density at radius 3 is 2.50 bits per heavy atom. The highest BCUT2D eigenvalue weighted by Gasteiger charge is 2.37. The summed E-state index contributed by atoms with van der Waals surface area (Å²) in [6, 6.07) is 7.65. The summed E-state index contributed by atoms with van der Waals surface area (Å²) in [6.07, 6.45) is 1.96. The third kappa shape index (κ3) is 3.76. The lowest BCUT2D eigenvalue weighted by Crippen LogP contribution is -2.36. The minimum absolute atomic E-state index is 0.0607. The number of hydrogen-bond acceptors (Lipinski definition) is 5. The van der Waals surface area contributed by atoms with Crippen molar-refractivity contribution in [1.82, 2.24) is 4.90 Å². The number of aryl methyl sites for hydroxylation is 1. The molecule has 0 saturated carbocycles. The smallest absolute Gasteiger partial charge is 0.311 e. The molecule has 26 heavy (non-hydrogen) atoms. The number of carbonyl (C=O) groups excluding carboxylic acids is 4. The first kappa shape index (κ1) is 18.1. The predicted octanol–water partition coefficient (Wildman–Crippen LogP) is 1.29. The average Bonchev–Trinajstić information content (AvgIpc) is 3.25. The van der Waals surface area contributed by atoms with E-state index in [0.29, 0.717) is 19.4 Å². The normalized spacial score (nSPS) is 20.0. The van der Waals surface area contributed by atoms with Gasteiger partial charge >= 0.3 is 5.97 Å². The summed E-state index contributed by atoms with van der Waals surface area (Å²) in [5, 5.41) is 0. The molecule has 7 heteroatoms. The van der Waals surface area contributed by atoms with E-state index in [1.807, 2.05) is 24.3 Å². The molecule has 3 amide bonds. The molecule has 3 rings (SSSR count). The molecule has 2 fully saturated rings. The van der Waals surface area contributed by atoms with E-state index in [-0.39, 0.29) is 24.8 Å². The van der Waals surface area contributed by atoms with Gasteiger partial charge in [0.05, 0.1) is 5.92 Å². The number of benzene rings is 1. The van der Waals surface area contributed by atoms with E-state index in [4.69, 9.17) is 4.74 Å². The quantitative estimate of drug-likeness (QED) is 0.741. The van der Waals surface area contributed by atoms with E-state index in [1.165, 1.54) is 5.56 Å². The van der Waals surface area contributed by atoms with E-state index < -0.39 is 24.4 Å². The molecule has 0 N–H and O–H groups in total. The summed E-state index contributed by atoms with van der Waals surface area (Å²) in [7, 11) is 0. The monoisotopic (exact) mass is 358 g/mol. The molecule has 1 aromatic rings. The van der Waals surface area contributed by atoms with Crippen molar-refractivity contribution < 1.29 is 23.9 Å². The Morgan fingerprint density at radius 2 is 1.88 bits per heavy atom. The van der Waals surface area contributed by atoms with Crippen molar-refractivity contribution in [2.24, 2.45) is 5.92 Å². The number of rotatable bonds is 5. The maximum Gasteiger partial charge on any atom is 0.311 e. The standard InChI is InChI=1S/C19H22N2O5/c1-2-13-5-7-15(8-6-13)21-11-14(10-17(21)23)19(25)26-12-18(24)20-9-3-4-16(20)22/h5-8,14H,2-4,9-12H2,1H3/t14-/m1/s1. The van der Waals surface area contributed by atoms with Crippen LogP contribution in [0, 0.1) is 5.92 Å². The van der Waals surface area contributed by atoms with E-state index in [9.17, 15) is 19.2 Å². The third-order valence-corrected chi connectivity index (χ3v) is 4.83. The summed E-state index contributed by atoms with van der Waals surface area (Å²) < 4.78 is 5.06. The van der Waals surface area contributed by atoms with Gasteiger partial charge in [-0.3, -0.25) is 24.1 Å². The van der Waals surface area contributed by atoms with E-state index >= 15 is 0 Å². The molecule has 1 atom stereocenters. The number of ether oxygens (including phenoxy) is 1. The van der Waals surface area contributed by atoms with Crippen LogP contribution >= 0.6 is 0 Å². The Hall–Kier alpha value is -2.70. The van der Waals surface area contributed by atoms with Crippen LogP contribution in [0.4, 0.5) is 5.69 Å². The van der Waals surface area contributed by atoms with Crippen LogP contribution < -0.4 is 4.90 Å². The Labute approximate surface area is 151 Å². The zero-order valence-electron chi connectivity index (χ0n) is 14.8. The maximum atomic E-state index is 12.2. The molecular formula is C19H22N2O5. The first-order chi connectivity index (χ1) is 12.5. The fourth-order valence-corrected chi connectivity index (χ4v) is 3.27. The Kier molecular flexibility index (Phi) is 5.35. The van der Waals surface area contributed by atoms with E-state index in [1.54, 1.807) is 4.90 Å². The average molecular weight is 358 g/mol. The zero-order chi connectivity index (χ0) is 18.7. The van der Waals surface area contributed by atoms with E-state index in [0.717, 1.165) is 17.0 Å². The molecule has 0 aliphatic carbocycles. The van der Waals surface area contributed by atoms with Crippen molar-refractivity contribution in [1.29, 1.82) is 0 Å². The van der Waals surface area contributed by atoms with Gasteiger partial charge in [0, 0.05) is 31.6 Å². The second kappa shape index (κ2) is 7.68. The Balaban J connectivity index is 1.54. The summed E-state index contributed by atoms with van der Waals surface area (Å²) in [6.45, 7) is 2.21. The van der Waals surface area contributed by atoms with Crippen LogP contribution in [0.1, 0.15) is 31.7 Å². The molecule has 138 valence electrons. The van der Waals surface area contributed by atoms with Crippen molar-refractivity contribution in [3.63, 3.8) is 0 Å². The SMILES string of the molecule is CCc1ccc(N2C[C@H](C(=O)OCC(=O)N3CCCC3=O)CC2=O)cc1. The molecule has 2 heterocycles. The zero-order valence-corrected chi connectivity index (χ0v) is 14.8. The number of carbonyl (C=O) groups is 4. The van der Waals surface area contributed by atoms with Crippen molar-refractivity contribution in [2.75, 3.05) is 24.6 Å². The number of nitrogens with zero attached hydrogens (tertiary/aromatic N) is 2. The van der Waals surface area contributed by atoms with Gasteiger partial charge in [0.1, 0.15) is 0 Å². The number of imide groups is 1. The fraction of sp³-hybridized carbons (Fsp3) is 0.474. The summed E-state index contributed by atoms with van der Waals surface area (Å²) >= 11 is 0. The van der Waals surface area contributed by atoms with Gasteiger partial charge in [-0.2, -0.15) is 0 Å². The second-order valence-electron chi connectivity index (χ2n) is 6.58. The summed E-state index contributed by atoms with van der Waals surface area (Å²) in [5.74, 6) is -2.06. The van der Waals surface area contributed by atoms with Crippen molar-refractivity contribution in [3.05, 3.63) is 29.8 Å². The minimum Gasteiger partial charge on any atom is -0.455 e. The highest BCUT2D eigenvalue weighted by atomic mass is 16.5. The third-order valence-electron chi connectivity index (χ3n) is 4.83. The van der Waals surface area contributed by atoms with Crippen molar-refractivity contribution >= 4 is 29.4 Å². The lowest BCUT2D eigenvalue weighted by Gasteiger charge is -2.17. The Bertz CT molecular complexity index is 728. The number of anilines is 1. The molecule has 0 unspecified atom stereocenters. The van der Waals surface area contributed by atoms with E-state index in [2.05, 4.69) is 6.92 Å². The first-order valence-electron chi connectivity index (χ1n) is 8.88. The molecule has 1 aromatic carbocycles. The van der Waals surface area contributed by atoms with Crippen LogP contribution in [0.2, 0.25) is 0 Å². The molecular weight excluding hydrogens is 336 g/mol. The van der Waals surface area contributed by atoms with Gasteiger partial charge in [0.25, 0.3) is 5.91 Å². The lowest BCUT2D eigenvalue weighted by molar-refractivity contribution is -0.157. The lowest BCUT2D eigenvalue weighted by atomic mass is 10.1. The first-order valence-corrected chi connectivity index (χ1v) is 8.88. The van der Waals surface area contributed by atoms with Crippen LogP contribution in [-0.2, 0) is 30.3 Å². The van der Waals surface area contributed by atoms with Crippen LogP contribution in [0.5, 0.6) is 0 Å². The highest BCUT2D eigenvalue weighted by molar-refractivity contribution is 6.00. The minimum atomic E-state index is -0.601. The number of likely N-dealkylation sites (tertiary alicyclic amines) is 1. The van der Waals surface area contributed by atoms with Gasteiger partial charge in [-0.05, 0) is 30.5 Å². The van der Waals surface area contributed by atoms with Crippen molar-refractivity contribution in [3.8, 4) is 0 Å². The number of esters is 1. The summed E-state index contributed by atoms with van der Waals surface area (Å²) in [5.41, 5.74) is 1.92. The van der Waals surface area contributed by atoms with Gasteiger partial charge in [-0.1, -0.05) is 19.1 Å². The van der Waals surface area contributed by atoms with Gasteiger partial charge in [-0.25, -0.2) is 0 Å². The van der Waals surface area contributed by atoms with Gasteiger partial charge in [0.2, 0.25) is 11.8 Å². The molecule has 0 aromatic heterocycles. The van der Waals surface area contributed by atoms with Gasteiger partial charge in [-0.15, -0.1) is 0 Å². The van der Waals surface area contributed by atoms with Crippen LogP contribution in [0.3, 0.4) is 0 Å². The topological polar surface area (TPSA) is 84.0 Å². The molecule has 7 nitrogen and oxygen atoms in total. The molecule has 0 bridgehead atoms. The Morgan fingerprint density at radius 1 is 1.15 bits per heavy atom. The number of hydrogen-bond donors (Lipinski definition) is 0. The van der Waals surface area contributed by atoms with Crippen LogP contribution in [-0.4, -0.2) is 48.3 Å².